The normalized spacial score (nSPS) is 19.0. The van der Waals surface area contributed by atoms with Gasteiger partial charge in [0.2, 0.25) is 0 Å². The summed E-state index contributed by atoms with van der Waals surface area (Å²) in [6.45, 7) is 4.51. The fourth-order valence-electron chi connectivity index (χ4n) is 5.08. The summed E-state index contributed by atoms with van der Waals surface area (Å²) < 4.78 is 0. The van der Waals surface area contributed by atoms with Crippen LogP contribution in [0.3, 0.4) is 0 Å². The Kier molecular flexibility index (Phi) is 9.85. The van der Waals surface area contributed by atoms with Gasteiger partial charge in [0.05, 0.1) is 0 Å². The van der Waals surface area contributed by atoms with Gasteiger partial charge in [0, 0.05) is 12.3 Å². The number of ketones is 1. The summed E-state index contributed by atoms with van der Waals surface area (Å²) >= 11 is 0. The lowest BCUT2D eigenvalue weighted by molar-refractivity contribution is -0.123. The lowest BCUT2D eigenvalue weighted by atomic mass is 9.76. The molecule has 2 aromatic carbocycles. The summed E-state index contributed by atoms with van der Waals surface area (Å²) in [4.78, 5) is 12.8. The molecule has 0 N–H and O–H groups in total. The fraction of sp³-hybridized carbons (Fsp3) is 0.567. The Labute approximate surface area is 190 Å². The van der Waals surface area contributed by atoms with E-state index in [0.29, 0.717) is 11.7 Å². The van der Waals surface area contributed by atoms with E-state index in [1.165, 1.54) is 92.9 Å². The van der Waals surface area contributed by atoms with E-state index in [4.69, 9.17) is 0 Å². The van der Waals surface area contributed by atoms with Crippen LogP contribution in [0, 0.1) is 5.92 Å². The van der Waals surface area contributed by atoms with Crippen molar-refractivity contribution >= 4 is 5.78 Å². The molecule has 2 unspecified atom stereocenters. The van der Waals surface area contributed by atoms with Crippen molar-refractivity contribution in [3.8, 4) is 11.1 Å². The summed E-state index contributed by atoms with van der Waals surface area (Å²) in [5.74, 6) is 1.20. The van der Waals surface area contributed by atoms with Crippen LogP contribution in [-0.2, 0) is 11.2 Å². The van der Waals surface area contributed by atoms with Gasteiger partial charge in [0.1, 0.15) is 5.78 Å². The van der Waals surface area contributed by atoms with E-state index >= 15 is 0 Å². The van der Waals surface area contributed by atoms with Gasteiger partial charge in [0.15, 0.2) is 0 Å². The van der Waals surface area contributed by atoms with Crippen molar-refractivity contribution in [3.63, 3.8) is 0 Å². The van der Waals surface area contributed by atoms with E-state index < -0.39 is 0 Å². The molecule has 0 spiro atoms. The van der Waals surface area contributed by atoms with E-state index in [0.717, 1.165) is 12.8 Å². The van der Waals surface area contributed by atoms with Crippen LogP contribution < -0.4 is 0 Å². The zero-order valence-corrected chi connectivity index (χ0v) is 19.9. The van der Waals surface area contributed by atoms with Gasteiger partial charge in [-0.25, -0.2) is 0 Å². The second-order valence-corrected chi connectivity index (χ2v) is 9.65. The van der Waals surface area contributed by atoms with Crippen molar-refractivity contribution in [1.29, 1.82) is 0 Å². The number of carbonyl (C=O) groups excluding carboxylic acids is 1. The van der Waals surface area contributed by atoms with Crippen molar-refractivity contribution in [1.82, 2.24) is 0 Å². The Hall–Kier alpha value is -1.89. The van der Waals surface area contributed by atoms with Gasteiger partial charge < -0.3 is 0 Å². The number of unbranched alkanes of at least 4 members (excludes halogenated alkanes) is 6. The maximum atomic E-state index is 12.8. The molecule has 0 saturated heterocycles. The SMILES string of the molecule is CCCCCCCc1ccc(-c2ccc(C3CCC(CCCCC)CC3=O)cc2)cc1. The molecule has 1 fully saturated rings. The van der Waals surface area contributed by atoms with Crippen LogP contribution in [0.4, 0.5) is 0 Å². The van der Waals surface area contributed by atoms with Crippen LogP contribution in [0.15, 0.2) is 48.5 Å². The zero-order valence-electron chi connectivity index (χ0n) is 19.9. The maximum Gasteiger partial charge on any atom is 0.140 e. The number of aryl methyl sites for hydroxylation is 1. The molecule has 0 heterocycles. The van der Waals surface area contributed by atoms with E-state index in [2.05, 4.69) is 62.4 Å². The third-order valence-corrected chi connectivity index (χ3v) is 7.13. The summed E-state index contributed by atoms with van der Waals surface area (Å²) in [6, 6.07) is 17.9. The van der Waals surface area contributed by atoms with Crippen LogP contribution in [0.2, 0.25) is 0 Å². The monoisotopic (exact) mass is 418 g/mol. The predicted octanol–water partition coefficient (Wildman–Crippen LogP) is 8.90. The smallest absolute Gasteiger partial charge is 0.140 e. The molecular weight excluding hydrogens is 376 g/mol. The largest absolute Gasteiger partial charge is 0.299 e. The molecule has 0 aromatic heterocycles. The molecule has 0 radical (unpaired) electrons. The molecule has 168 valence electrons. The minimum absolute atomic E-state index is 0.117. The Morgan fingerprint density at radius 1 is 0.710 bits per heavy atom. The third-order valence-electron chi connectivity index (χ3n) is 7.13. The molecule has 0 amide bonds. The first-order valence-corrected chi connectivity index (χ1v) is 12.9. The summed E-state index contributed by atoms with van der Waals surface area (Å²) in [5, 5.41) is 0. The van der Waals surface area contributed by atoms with Crippen LogP contribution >= 0.6 is 0 Å². The number of hydrogen-bond acceptors (Lipinski definition) is 1. The highest BCUT2D eigenvalue weighted by Crippen LogP contribution is 2.36. The predicted molar refractivity (Wildman–Crippen MR) is 134 cm³/mol. The first kappa shape index (κ1) is 23.8. The minimum atomic E-state index is 0.117. The van der Waals surface area contributed by atoms with Crippen molar-refractivity contribution in [2.45, 2.75) is 103 Å². The molecule has 2 atom stereocenters. The van der Waals surface area contributed by atoms with Crippen molar-refractivity contribution < 1.29 is 4.79 Å². The summed E-state index contributed by atoms with van der Waals surface area (Å²) in [6.07, 6.45) is 16.0. The molecular formula is C30H42O. The highest BCUT2D eigenvalue weighted by molar-refractivity contribution is 5.86. The fourth-order valence-corrected chi connectivity index (χ4v) is 5.08. The molecule has 0 aliphatic heterocycles. The second-order valence-electron chi connectivity index (χ2n) is 9.65. The molecule has 3 rings (SSSR count). The quantitative estimate of drug-likeness (QED) is 0.314. The highest BCUT2D eigenvalue weighted by Gasteiger charge is 2.29. The average molecular weight is 419 g/mol. The van der Waals surface area contributed by atoms with Gasteiger partial charge in [-0.15, -0.1) is 0 Å². The molecule has 2 aromatic rings. The number of carbonyl (C=O) groups is 1. The van der Waals surface area contributed by atoms with Crippen LogP contribution in [0.1, 0.15) is 108 Å². The highest BCUT2D eigenvalue weighted by atomic mass is 16.1. The van der Waals surface area contributed by atoms with Gasteiger partial charge in [-0.2, -0.15) is 0 Å². The summed E-state index contributed by atoms with van der Waals surface area (Å²) in [7, 11) is 0. The number of rotatable bonds is 12. The Balaban J connectivity index is 1.51. The lowest BCUT2D eigenvalue weighted by Crippen LogP contribution is -2.23. The topological polar surface area (TPSA) is 17.1 Å². The van der Waals surface area contributed by atoms with E-state index in [1.807, 2.05) is 0 Å². The van der Waals surface area contributed by atoms with Gasteiger partial charge in [0.25, 0.3) is 0 Å². The van der Waals surface area contributed by atoms with E-state index in [1.54, 1.807) is 0 Å². The molecule has 1 saturated carbocycles. The summed E-state index contributed by atoms with van der Waals surface area (Å²) in [5.41, 5.74) is 5.17. The number of benzene rings is 2. The second kappa shape index (κ2) is 12.8. The Bertz CT molecular complexity index is 771. The molecule has 0 bridgehead atoms. The van der Waals surface area contributed by atoms with Crippen LogP contribution in [0.5, 0.6) is 0 Å². The molecule has 1 heteroatoms. The standard InChI is InChI=1S/C30H42O/c1-3-5-7-8-10-11-24-13-16-26(17-14-24)27-18-20-28(21-19-27)29-22-15-25(23-30(29)31)12-9-6-4-2/h13-14,16-21,25,29H,3-12,15,22-23H2,1-2H3. The van der Waals surface area contributed by atoms with Crippen molar-refractivity contribution in [3.05, 3.63) is 59.7 Å². The van der Waals surface area contributed by atoms with Crippen molar-refractivity contribution in [2.75, 3.05) is 0 Å². The molecule has 1 aliphatic carbocycles. The number of hydrogen-bond donors (Lipinski definition) is 0. The third kappa shape index (κ3) is 7.34. The first-order valence-electron chi connectivity index (χ1n) is 12.9. The van der Waals surface area contributed by atoms with Gasteiger partial charge in [-0.05, 0) is 53.9 Å². The lowest BCUT2D eigenvalue weighted by Gasteiger charge is -2.27. The molecule has 31 heavy (non-hydrogen) atoms. The van der Waals surface area contributed by atoms with Gasteiger partial charge >= 0.3 is 0 Å². The minimum Gasteiger partial charge on any atom is -0.299 e. The van der Waals surface area contributed by atoms with Crippen molar-refractivity contribution in [2.24, 2.45) is 5.92 Å². The molecule has 1 aliphatic rings. The zero-order chi connectivity index (χ0) is 21.9. The van der Waals surface area contributed by atoms with Gasteiger partial charge in [-0.1, -0.05) is 114 Å². The Morgan fingerprint density at radius 2 is 1.32 bits per heavy atom. The maximum absolute atomic E-state index is 12.8. The average Bonchev–Trinajstić information content (AvgIpc) is 2.80. The van der Waals surface area contributed by atoms with E-state index in [9.17, 15) is 4.79 Å². The van der Waals surface area contributed by atoms with E-state index in [-0.39, 0.29) is 5.92 Å². The Morgan fingerprint density at radius 3 is 1.97 bits per heavy atom. The molecule has 1 nitrogen and oxygen atoms in total. The first-order chi connectivity index (χ1) is 15.2. The van der Waals surface area contributed by atoms with Gasteiger partial charge in [-0.3, -0.25) is 4.79 Å². The number of Topliss-reactive ketones (excluding diaryl/α,β-unsaturated/α-hetero) is 1. The van der Waals surface area contributed by atoms with Crippen LogP contribution in [0.25, 0.3) is 11.1 Å². The van der Waals surface area contributed by atoms with Crippen LogP contribution in [-0.4, -0.2) is 5.78 Å².